The van der Waals surface area contributed by atoms with Gasteiger partial charge in [-0.1, -0.05) is 13.0 Å². The molecule has 17 heavy (non-hydrogen) atoms. The number of halogens is 1. The van der Waals surface area contributed by atoms with Crippen molar-refractivity contribution in [3.8, 4) is 0 Å². The lowest BCUT2D eigenvalue weighted by atomic mass is 10.1. The number of hydrogen-bond acceptors (Lipinski definition) is 2. The molecule has 0 aromatic heterocycles. The van der Waals surface area contributed by atoms with E-state index >= 15 is 0 Å². The minimum Gasteiger partial charge on any atom is -0.366 e. The third kappa shape index (κ3) is 2.44. The second-order valence-electron chi connectivity index (χ2n) is 4.90. The number of nitrogens with zero attached hydrogens (tertiary/aromatic N) is 1. The molecule has 0 saturated carbocycles. The maximum atomic E-state index is 14.1. The molecule has 2 nitrogen and oxygen atoms in total. The molecule has 1 aromatic rings. The number of benzene rings is 1. The Hall–Kier alpha value is -1.09. The van der Waals surface area contributed by atoms with Gasteiger partial charge in [0.15, 0.2) is 0 Å². The SMILES string of the molecule is CCC1CCCN1c1ccc(C(C)N)cc1F. The monoisotopic (exact) mass is 236 g/mol. The predicted molar refractivity (Wildman–Crippen MR) is 69.7 cm³/mol. The molecule has 2 N–H and O–H groups in total. The Kier molecular flexibility index (Phi) is 3.67. The van der Waals surface area contributed by atoms with Gasteiger partial charge in [0.05, 0.1) is 5.69 Å². The first kappa shape index (κ1) is 12.4. The summed E-state index contributed by atoms with van der Waals surface area (Å²) in [5.41, 5.74) is 7.35. The highest BCUT2D eigenvalue weighted by Crippen LogP contribution is 2.30. The lowest BCUT2D eigenvalue weighted by Gasteiger charge is -2.26. The van der Waals surface area contributed by atoms with E-state index in [2.05, 4.69) is 11.8 Å². The zero-order valence-electron chi connectivity index (χ0n) is 10.6. The Labute approximate surface area is 103 Å². The summed E-state index contributed by atoms with van der Waals surface area (Å²) < 4.78 is 14.1. The van der Waals surface area contributed by atoms with Gasteiger partial charge in [-0.15, -0.1) is 0 Å². The molecular weight excluding hydrogens is 215 g/mol. The van der Waals surface area contributed by atoms with Crippen LogP contribution in [0.4, 0.5) is 10.1 Å². The maximum absolute atomic E-state index is 14.1. The minimum absolute atomic E-state index is 0.112. The molecule has 1 aliphatic heterocycles. The van der Waals surface area contributed by atoms with Crippen molar-refractivity contribution in [1.82, 2.24) is 0 Å². The van der Waals surface area contributed by atoms with Gasteiger partial charge in [-0.05, 0) is 43.9 Å². The van der Waals surface area contributed by atoms with Crippen LogP contribution in [-0.2, 0) is 0 Å². The van der Waals surface area contributed by atoms with Gasteiger partial charge >= 0.3 is 0 Å². The fraction of sp³-hybridized carbons (Fsp3) is 0.571. The van der Waals surface area contributed by atoms with Crippen LogP contribution in [0.2, 0.25) is 0 Å². The first-order chi connectivity index (χ1) is 8.13. The highest BCUT2D eigenvalue weighted by atomic mass is 19.1. The summed E-state index contributed by atoms with van der Waals surface area (Å²) in [6.45, 7) is 5.00. The van der Waals surface area contributed by atoms with Gasteiger partial charge in [-0.3, -0.25) is 0 Å². The van der Waals surface area contributed by atoms with Crippen molar-refractivity contribution >= 4 is 5.69 Å². The molecule has 94 valence electrons. The molecule has 2 atom stereocenters. The number of rotatable bonds is 3. The van der Waals surface area contributed by atoms with E-state index in [1.165, 1.54) is 6.42 Å². The predicted octanol–water partition coefficient (Wildman–Crippen LogP) is 3.22. The maximum Gasteiger partial charge on any atom is 0.146 e. The van der Waals surface area contributed by atoms with Gasteiger partial charge in [-0.25, -0.2) is 4.39 Å². The molecule has 0 radical (unpaired) electrons. The van der Waals surface area contributed by atoms with E-state index in [0.29, 0.717) is 6.04 Å². The Bertz CT molecular complexity index is 390. The first-order valence-electron chi connectivity index (χ1n) is 6.45. The Morgan fingerprint density at radius 3 is 2.88 bits per heavy atom. The number of nitrogens with two attached hydrogens (primary N) is 1. The van der Waals surface area contributed by atoms with Gasteiger partial charge in [-0.2, -0.15) is 0 Å². The van der Waals surface area contributed by atoms with Crippen LogP contribution in [-0.4, -0.2) is 12.6 Å². The van der Waals surface area contributed by atoms with Gasteiger partial charge < -0.3 is 10.6 Å². The summed E-state index contributed by atoms with van der Waals surface area (Å²) in [4.78, 5) is 2.19. The third-order valence-corrected chi connectivity index (χ3v) is 3.66. The van der Waals surface area contributed by atoms with Crippen molar-refractivity contribution in [1.29, 1.82) is 0 Å². The first-order valence-corrected chi connectivity index (χ1v) is 6.45. The molecule has 0 spiro atoms. The molecule has 1 aliphatic rings. The minimum atomic E-state index is -0.139. The Morgan fingerprint density at radius 1 is 1.53 bits per heavy atom. The number of hydrogen-bond donors (Lipinski definition) is 1. The standard InChI is InChI=1S/C14H21FN2/c1-3-12-5-4-8-17(12)14-7-6-11(10(2)16)9-13(14)15/h6-7,9-10,12H,3-5,8,16H2,1-2H3. The van der Waals surface area contributed by atoms with Crippen LogP contribution in [0.5, 0.6) is 0 Å². The van der Waals surface area contributed by atoms with E-state index in [-0.39, 0.29) is 11.9 Å². The fourth-order valence-corrected chi connectivity index (χ4v) is 2.62. The third-order valence-electron chi connectivity index (χ3n) is 3.66. The molecule has 1 heterocycles. The molecule has 0 bridgehead atoms. The summed E-state index contributed by atoms with van der Waals surface area (Å²) in [6, 6.07) is 5.77. The second kappa shape index (κ2) is 5.05. The normalized spacial score (nSPS) is 21.9. The molecule has 1 aromatic carbocycles. The molecule has 0 amide bonds. The summed E-state index contributed by atoms with van der Waals surface area (Å²) in [6.07, 6.45) is 3.41. The average molecular weight is 236 g/mol. The van der Waals surface area contributed by atoms with Crippen molar-refractivity contribution in [3.63, 3.8) is 0 Å². The zero-order chi connectivity index (χ0) is 12.4. The topological polar surface area (TPSA) is 29.3 Å². The van der Waals surface area contributed by atoms with Crippen LogP contribution in [0, 0.1) is 5.82 Å². The summed E-state index contributed by atoms with van der Waals surface area (Å²) >= 11 is 0. The van der Waals surface area contributed by atoms with Crippen molar-refractivity contribution in [2.24, 2.45) is 5.73 Å². The lowest BCUT2D eigenvalue weighted by Crippen LogP contribution is -2.29. The molecule has 3 heteroatoms. The summed E-state index contributed by atoms with van der Waals surface area (Å²) in [7, 11) is 0. The van der Waals surface area contributed by atoms with Crippen LogP contribution in [0.15, 0.2) is 18.2 Å². The second-order valence-corrected chi connectivity index (χ2v) is 4.90. The van der Waals surface area contributed by atoms with E-state index < -0.39 is 0 Å². The number of anilines is 1. The van der Waals surface area contributed by atoms with Crippen LogP contribution in [0.3, 0.4) is 0 Å². The molecule has 1 saturated heterocycles. The van der Waals surface area contributed by atoms with Gasteiger partial charge in [0, 0.05) is 18.6 Å². The molecular formula is C14H21FN2. The van der Waals surface area contributed by atoms with E-state index in [9.17, 15) is 4.39 Å². The lowest BCUT2D eigenvalue weighted by molar-refractivity contribution is 0.594. The summed E-state index contributed by atoms with van der Waals surface area (Å²) in [5, 5.41) is 0. The molecule has 2 rings (SSSR count). The smallest absolute Gasteiger partial charge is 0.146 e. The average Bonchev–Trinajstić information content (AvgIpc) is 2.76. The van der Waals surface area contributed by atoms with E-state index in [4.69, 9.17) is 5.73 Å². The zero-order valence-corrected chi connectivity index (χ0v) is 10.6. The van der Waals surface area contributed by atoms with Crippen LogP contribution < -0.4 is 10.6 Å². The Morgan fingerprint density at radius 2 is 2.29 bits per heavy atom. The largest absolute Gasteiger partial charge is 0.366 e. The molecule has 1 fully saturated rings. The quantitative estimate of drug-likeness (QED) is 0.873. The van der Waals surface area contributed by atoms with Crippen molar-refractivity contribution in [2.75, 3.05) is 11.4 Å². The van der Waals surface area contributed by atoms with Crippen molar-refractivity contribution < 1.29 is 4.39 Å². The molecule has 0 aliphatic carbocycles. The highest BCUT2D eigenvalue weighted by molar-refractivity contribution is 5.51. The van der Waals surface area contributed by atoms with Crippen molar-refractivity contribution in [2.45, 2.75) is 45.2 Å². The van der Waals surface area contributed by atoms with Gasteiger partial charge in [0.1, 0.15) is 5.82 Å². The Balaban J connectivity index is 2.27. The highest BCUT2D eigenvalue weighted by Gasteiger charge is 2.25. The van der Waals surface area contributed by atoms with Crippen LogP contribution >= 0.6 is 0 Å². The van der Waals surface area contributed by atoms with Crippen LogP contribution in [0.25, 0.3) is 0 Å². The van der Waals surface area contributed by atoms with E-state index in [1.807, 2.05) is 19.1 Å². The molecule has 2 unspecified atom stereocenters. The van der Waals surface area contributed by atoms with E-state index in [1.54, 1.807) is 6.07 Å². The van der Waals surface area contributed by atoms with Gasteiger partial charge in [0.2, 0.25) is 0 Å². The van der Waals surface area contributed by atoms with Crippen molar-refractivity contribution in [3.05, 3.63) is 29.6 Å². The summed E-state index contributed by atoms with van der Waals surface area (Å²) in [5.74, 6) is -0.139. The van der Waals surface area contributed by atoms with E-state index in [0.717, 1.165) is 30.6 Å². The van der Waals surface area contributed by atoms with Crippen LogP contribution in [0.1, 0.15) is 44.7 Å². The fourth-order valence-electron chi connectivity index (χ4n) is 2.62. The van der Waals surface area contributed by atoms with Gasteiger partial charge in [0.25, 0.3) is 0 Å².